The molecular formula is C83H137BN4O59. The molecule has 0 spiro atoms. The van der Waals surface area contributed by atoms with Gasteiger partial charge in [0.25, 0.3) is 19.6 Å². The molecule has 846 valence electrons. The third-order valence-corrected chi connectivity index (χ3v) is 27.7. The number of carbonyl (C=O) groups excluding carboxylic acids is 4. The van der Waals surface area contributed by atoms with E-state index in [0.29, 0.717) is 0 Å². The molecule has 2 radical (unpaired) electrons. The highest BCUT2D eigenvalue weighted by molar-refractivity contribution is 5.98. The molecule has 24 unspecified atom stereocenters. The van der Waals surface area contributed by atoms with Crippen molar-refractivity contribution in [3.8, 4) is 0 Å². The number of rotatable bonds is 42. The van der Waals surface area contributed by atoms with Crippen molar-refractivity contribution in [3.05, 3.63) is 0 Å². The fourth-order valence-corrected chi connectivity index (χ4v) is 19.3. The molecule has 147 heavy (non-hydrogen) atoms. The number of carbonyl (C=O) groups is 6. The van der Waals surface area contributed by atoms with E-state index in [4.69, 9.17) is 112 Å². The summed E-state index contributed by atoms with van der Waals surface area (Å²) < 4.78 is 131. The van der Waals surface area contributed by atoms with Crippen LogP contribution in [-0.2, 0) is 133 Å². The zero-order valence-electron chi connectivity index (χ0n) is 79.8. The topological polar surface area (TPSA) is 981 Å². The summed E-state index contributed by atoms with van der Waals surface area (Å²) in [6.45, 7) is -4.74. The molecular weight excluding hydrogens is 2010 g/mol. The molecule has 0 aromatic heterocycles. The van der Waals surface area contributed by atoms with Gasteiger partial charge in [0.1, 0.15) is 238 Å². The smallest absolute Gasteiger partial charge is 0.364 e. The van der Waals surface area contributed by atoms with Crippen LogP contribution in [0.2, 0.25) is 0 Å². The van der Waals surface area contributed by atoms with Gasteiger partial charge in [-0.25, -0.2) is 9.59 Å². The Morgan fingerprint density at radius 3 is 0.952 bits per heavy atom. The van der Waals surface area contributed by atoms with Gasteiger partial charge in [-0.2, -0.15) is 0 Å². The van der Waals surface area contributed by atoms with E-state index in [1.807, 2.05) is 0 Å². The number of carboxylic acid groups (broad SMARTS) is 2. The van der Waals surface area contributed by atoms with Gasteiger partial charge in [0.2, 0.25) is 23.6 Å². The number of amides is 4. The van der Waals surface area contributed by atoms with E-state index in [-0.39, 0.29) is 0 Å². The molecule has 11 aliphatic rings. The summed E-state index contributed by atoms with van der Waals surface area (Å²) in [5, 5.41) is 359. The third kappa shape index (κ3) is 27.0. The molecule has 0 saturated carbocycles. The van der Waals surface area contributed by atoms with E-state index in [9.17, 15) is 187 Å². The van der Waals surface area contributed by atoms with E-state index in [1.54, 1.807) is 0 Å². The Morgan fingerprint density at radius 2 is 0.605 bits per heavy atom. The lowest BCUT2D eigenvalue weighted by atomic mass is 9.84. The van der Waals surface area contributed by atoms with Crippen LogP contribution in [0.15, 0.2) is 0 Å². The minimum atomic E-state index is -2.96. The maximum atomic E-state index is 13.3. The minimum Gasteiger partial charge on any atom is -0.477 e. The van der Waals surface area contributed by atoms with Crippen molar-refractivity contribution < 1.29 is 291 Å². The first-order valence-electron chi connectivity index (χ1n) is 47.1. The maximum Gasteiger partial charge on any atom is 0.364 e. The van der Waals surface area contributed by atoms with Crippen molar-refractivity contribution in [2.45, 2.75) is 398 Å². The molecule has 4 amide bonds. The quantitative estimate of drug-likeness (QED) is 0.0252. The normalized spacial score (nSPS) is 47.3. The summed E-state index contributed by atoms with van der Waals surface area (Å²) in [5.41, 5.74) is 0. The lowest BCUT2D eigenvalue weighted by Gasteiger charge is -2.51. The number of hydrogen-bond acceptors (Lipinski definition) is 57. The first-order valence-corrected chi connectivity index (χ1v) is 47.1. The molecule has 11 aliphatic heterocycles. The standard InChI is InChI=1S/C83H137BN4O59/c1-21-28(100)8-82(80(122)123,146-63(21)45(104)30(102)10-89)127-18-38-49(108)56(115)60(119)75(137-38)140-65-34(14-93)134-73(43(54(65)113)87-26(6)98)144-70-58(117)47(106)32(12-91)131-78(70)126-17-37-51(110)69(62(121)77(136-37)142-67-36(16-95)133-72(42(53(67)112)86-25(5)97)139-68-40(20-129-84)130-23(3)41(52(68)111)85-24(4)96)143-79-71(59(118)48(107)33(13-92)132-79)145-74-44(88-27(7)99)55(114)66(35(15-94)135-74)141-76-61(120)57(116)50(109)39(138-76)19-128-83(81(124)125)9-29(101)22(2)64(147-83)46(105)31(103)11-90/h21-23,28-79,89-95,100-121H,8-20H2,1-7H3,(H,85,96)(H,86,97)(H,87,98)(H,88,99)(H,122,123)(H,124,125)/t21-,22-,23?,28-,29-,30-,31-,32?,33?,34?,35?,36?,37?,38?,39?,40?,41-,42+,43+,44+,45?,46?,47-,48?,49+,50+,51-,52-,53-,54-,55-,56+,57+,58+,59+,60+,61+,62-,63?,64?,65-,66-,67-,68-,69+,70-,71+,72?,73?,74?,75?,76?,77?,78?,79+,82?,83?/m1/s1. The number of aliphatic hydroxyl groups is 29. The highest BCUT2D eigenvalue weighted by Crippen LogP contribution is 2.45. The molecule has 35 N–H and O–H groups in total. The van der Waals surface area contributed by atoms with Crippen LogP contribution in [0.25, 0.3) is 0 Å². The Kier molecular flexibility index (Phi) is 43.7. The number of aliphatic hydroxyl groups excluding tert-OH is 29. The van der Waals surface area contributed by atoms with Crippen LogP contribution in [0.3, 0.4) is 0 Å². The lowest BCUT2D eigenvalue weighted by molar-refractivity contribution is -0.399. The third-order valence-electron chi connectivity index (χ3n) is 27.7. The monoisotopic (exact) mass is 2140 g/mol. The molecule has 57 atom stereocenters. The predicted octanol–water partition coefficient (Wildman–Crippen LogP) is -22.3. The van der Waals surface area contributed by atoms with Crippen LogP contribution in [0.4, 0.5) is 0 Å². The van der Waals surface area contributed by atoms with E-state index in [1.165, 1.54) is 20.8 Å². The average Bonchev–Trinajstić information content (AvgIpc) is 0.759. The minimum absolute atomic E-state index is 0.541. The van der Waals surface area contributed by atoms with Crippen LogP contribution < -0.4 is 21.3 Å². The number of ether oxygens (including phenoxy) is 21. The second-order valence-corrected chi connectivity index (χ2v) is 37.9. The largest absolute Gasteiger partial charge is 0.477 e. The number of carboxylic acids is 2. The average molecular weight is 2150 g/mol. The van der Waals surface area contributed by atoms with E-state index in [0.717, 1.165) is 27.7 Å². The molecule has 11 rings (SSSR count). The van der Waals surface area contributed by atoms with Gasteiger partial charge in [-0.3, -0.25) is 19.2 Å². The van der Waals surface area contributed by atoms with E-state index < -0.39 is 469 Å². The fourth-order valence-electron chi connectivity index (χ4n) is 19.3. The van der Waals surface area contributed by atoms with Gasteiger partial charge in [-0.1, -0.05) is 13.8 Å². The molecule has 0 bridgehead atoms. The van der Waals surface area contributed by atoms with E-state index in [2.05, 4.69) is 21.3 Å². The number of hydrogen-bond donors (Lipinski definition) is 35. The van der Waals surface area contributed by atoms with Crippen molar-refractivity contribution in [2.75, 3.05) is 72.7 Å². The van der Waals surface area contributed by atoms with Crippen LogP contribution >= 0.6 is 0 Å². The summed E-state index contributed by atoms with van der Waals surface area (Å²) in [6, 6.07) is -7.41. The van der Waals surface area contributed by atoms with Crippen molar-refractivity contribution in [1.82, 2.24) is 21.3 Å². The van der Waals surface area contributed by atoms with Crippen molar-refractivity contribution in [3.63, 3.8) is 0 Å². The zero-order chi connectivity index (χ0) is 109. The Labute approximate surface area is 835 Å². The maximum absolute atomic E-state index is 13.3. The lowest BCUT2D eigenvalue weighted by Crippen LogP contribution is -2.71. The Bertz CT molecular complexity index is 4170. The van der Waals surface area contributed by atoms with Crippen molar-refractivity contribution >= 4 is 43.6 Å². The van der Waals surface area contributed by atoms with Gasteiger partial charge in [0, 0.05) is 52.4 Å². The Hall–Kier alpha value is -5.16. The van der Waals surface area contributed by atoms with Crippen LogP contribution in [0.1, 0.15) is 61.3 Å². The molecule has 63 nitrogen and oxygen atoms in total. The van der Waals surface area contributed by atoms with Gasteiger partial charge < -0.3 is 284 Å². The summed E-state index contributed by atoms with van der Waals surface area (Å²) in [6.07, 6.45) is -107. The fraction of sp³-hybridized carbons (Fsp3) is 0.928. The summed E-state index contributed by atoms with van der Waals surface area (Å²) in [5.74, 6) is -15.8. The van der Waals surface area contributed by atoms with E-state index >= 15 is 0 Å². The van der Waals surface area contributed by atoms with Crippen LogP contribution in [0.5, 0.6) is 0 Å². The molecule has 0 aromatic rings. The molecule has 11 heterocycles. The summed E-state index contributed by atoms with van der Waals surface area (Å²) in [7, 11) is 5.45. The number of aliphatic carboxylic acids is 2. The second kappa shape index (κ2) is 52.6. The van der Waals surface area contributed by atoms with Gasteiger partial charge in [0.15, 0.2) is 50.3 Å². The highest BCUT2D eigenvalue weighted by Gasteiger charge is 2.65. The summed E-state index contributed by atoms with van der Waals surface area (Å²) in [4.78, 5) is 78.2. The van der Waals surface area contributed by atoms with Crippen molar-refractivity contribution in [1.29, 1.82) is 0 Å². The van der Waals surface area contributed by atoms with Crippen LogP contribution in [-0.4, -0.2) is 611 Å². The molecule has 11 fully saturated rings. The summed E-state index contributed by atoms with van der Waals surface area (Å²) >= 11 is 0. The predicted molar refractivity (Wildman–Crippen MR) is 458 cm³/mol. The van der Waals surface area contributed by atoms with Gasteiger partial charge in [-0.15, -0.1) is 0 Å². The van der Waals surface area contributed by atoms with Gasteiger partial charge in [0.05, 0.1) is 109 Å². The molecule has 64 heteroatoms. The second-order valence-electron chi connectivity index (χ2n) is 37.9. The first-order chi connectivity index (χ1) is 69.2. The Morgan fingerprint density at radius 1 is 0.313 bits per heavy atom. The SMILES string of the molecule is [B]OCC1OC(C)[C@@H](NC(C)=O)[C@@H](O)[C@@H]1OC1OC(CO)[C@@H](OC2OC(COC3OC(CO)[C@@H](O)[C@H](O)[C@H]3OC3OC(CO)[C@@H](OC4OC(COC5(C(=O)O)C[C@@H](O)[C@@H](C)C(C(O)[C@H](O)CO)O5)[C@H](O)[C@H](O)[C@@H]4O)[C@H](O)[C@@H]3NC(C)=O)[C@@H](O)[C@H](O[C@@H]3OC(CO)C(O)[C@H](O)[C@@H]3OC3OC(CO)[C@@H](OC4OC(COC5(C(=O)O)C[C@@H](O)[C@@H](C)C(C(O)[C@H](O)CO)O5)[C@H](O)[C@H](O)[C@@H]4O)[C@H](O)[C@@H]3NC(C)=O)[C@H]2O)[C@H](O)[C@@H]1NC(C)=O. The molecule has 0 aliphatic carbocycles. The van der Waals surface area contributed by atoms with Gasteiger partial charge >= 0.3 is 11.9 Å². The van der Waals surface area contributed by atoms with Crippen molar-refractivity contribution in [2.24, 2.45) is 11.8 Å². The zero-order valence-corrected chi connectivity index (χ0v) is 79.8. The molecule has 11 saturated heterocycles. The first kappa shape index (κ1) is 122. The van der Waals surface area contributed by atoms with Gasteiger partial charge in [-0.05, 0) is 6.92 Å². The molecule has 0 aromatic carbocycles. The van der Waals surface area contributed by atoms with Crippen LogP contribution in [0, 0.1) is 11.8 Å². The Balaban J connectivity index is 0.891. The number of nitrogens with one attached hydrogen (secondary N) is 4. The highest BCUT2D eigenvalue weighted by atomic mass is 16.8.